The number of carbonyl (C=O) groups is 1. The zero-order valence-corrected chi connectivity index (χ0v) is 13.9. The maximum Gasteiger partial charge on any atom is 0.315 e. The summed E-state index contributed by atoms with van der Waals surface area (Å²) in [5.74, 6) is 0.306. The van der Waals surface area contributed by atoms with Gasteiger partial charge in [-0.05, 0) is 24.0 Å². The zero-order chi connectivity index (χ0) is 16.8. The van der Waals surface area contributed by atoms with E-state index in [0.29, 0.717) is 19.1 Å². The first-order chi connectivity index (χ1) is 11.7. The number of ether oxygens (including phenoxy) is 1. The molecule has 0 spiro atoms. The van der Waals surface area contributed by atoms with Crippen LogP contribution in [0.25, 0.3) is 0 Å². The summed E-state index contributed by atoms with van der Waals surface area (Å²) in [6, 6.07) is 11.8. The van der Waals surface area contributed by atoms with Crippen LogP contribution >= 0.6 is 0 Å². The van der Waals surface area contributed by atoms with Gasteiger partial charge in [-0.15, -0.1) is 0 Å². The predicted octanol–water partition coefficient (Wildman–Crippen LogP) is 2.35. The summed E-state index contributed by atoms with van der Waals surface area (Å²) in [6.45, 7) is 4.15. The van der Waals surface area contributed by atoms with Crippen molar-refractivity contribution in [2.24, 2.45) is 5.92 Å². The first-order valence-electron chi connectivity index (χ1n) is 8.40. The highest BCUT2D eigenvalue weighted by atomic mass is 16.5. The smallest absolute Gasteiger partial charge is 0.315 e. The second-order valence-electron chi connectivity index (χ2n) is 6.28. The number of benzene rings is 1. The van der Waals surface area contributed by atoms with E-state index in [-0.39, 0.29) is 18.2 Å². The van der Waals surface area contributed by atoms with E-state index in [2.05, 4.69) is 22.7 Å². The Morgan fingerprint density at radius 3 is 2.96 bits per heavy atom. The second-order valence-corrected chi connectivity index (χ2v) is 6.28. The fourth-order valence-electron chi connectivity index (χ4n) is 2.99. The number of rotatable bonds is 6. The molecule has 1 fully saturated rings. The van der Waals surface area contributed by atoms with Gasteiger partial charge in [-0.25, -0.2) is 4.79 Å². The quantitative estimate of drug-likeness (QED) is 0.855. The normalized spacial score (nSPS) is 21.4. The summed E-state index contributed by atoms with van der Waals surface area (Å²) in [4.78, 5) is 12.2. The first-order valence-corrected chi connectivity index (χ1v) is 8.40. The number of nitrogens with zero attached hydrogens (tertiary/aromatic N) is 2. The molecule has 1 aliphatic heterocycles. The molecule has 6 heteroatoms. The highest BCUT2D eigenvalue weighted by molar-refractivity contribution is 5.74. The van der Waals surface area contributed by atoms with Crippen molar-refractivity contribution in [3.63, 3.8) is 0 Å². The number of amides is 2. The number of hydrogen-bond acceptors (Lipinski definition) is 3. The van der Waals surface area contributed by atoms with Gasteiger partial charge < -0.3 is 15.4 Å². The third-order valence-corrected chi connectivity index (χ3v) is 4.21. The SMILES string of the molecule is C[C@H](CNC(=O)N[C@H]1CCO[C@H]1c1ccccc1)Cn1cccn1. The summed E-state index contributed by atoms with van der Waals surface area (Å²) in [5.41, 5.74) is 1.10. The van der Waals surface area contributed by atoms with Crippen molar-refractivity contribution in [2.45, 2.75) is 32.0 Å². The average molecular weight is 328 g/mol. The van der Waals surface area contributed by atoms with E-state index in [1.54, 1.807) is 6.20 Å². The Morgan fingerprint density at radius 1 is 1.38 bits per heavy atom. The van der Waals surface area contributed by atoms with Crippen molar-refractivity contribution in [3.05, 3.63) is 54.4 Å². The van der Waals surface area contributed by atoms with E-state index >= 15 is 0 Å². The van der Waals surface area contributed by atoms with Crippen LogP contribution in [-0.2, 0) is 11.3 Å². The topological polar surface area (TPSA) is 68.2 Å². The number of carbonyl (C=O) groups excluding carboxylic acids is 1. The molecule has 6 nitrogen and oxygen atoms in total. The van der Waals surface area contributed by atoms with Crippen molar-refractivity contribution in [2.75, 3.05) is 13.2 Å². The van der Waals surface area contributed by atoms with Crippen molar-refractivity contribution >= 4 is 6.03 Å². The Kier molecular flexibility index (Phi) is 5.48. The minimum absolute atomic E-state index is 0.00817. The standard InChI is InChI=1S/C18H24N4O2/c1-14(13-22-10-5-9-20-22)12-19-18(23)21-16-8-11-24-17(16)15-6-3-2-4-7-15/h2-7,9-10,14,16-17H,8,11-13H2,1H3,(H2,19,21,23)/t14-,16+,17+/m1/s1. The second kappa shape index (κ2) is 7.97. The minimum atomic E-state index is -0.140. The summed E-state index contributed by atoms with van der Waals surface area (Å²) >= 11 is 0. The molecule has 2 heterocycles. The molecule has 2 aromatic rings. The van der Waals surface area contributed by atoms with Crippen molar-refractivity contribution in [3.8, 4) is 0 Å². The van der Waals surface area contributed by atoms with Gasteiger partial charge in [0.25, 0.3) is 0 Å². The molecule has 1 aromatic heterocycles. The highest BCUT2D eigenvalue weighted by Crippen LogP contribution is 2.28. The van der Waals surface area contributed by atoms with Gasteiger partial charge in [0.05, 0.1) is 6.04 Å². The zero-order valence-electron chi connectivity index (χ0n) is 13.9. The third kappa shape index (κ3) is 4.35. The van der Waals surface area contributed by atoms with Gasteiger partial charge in [0.1, 0.15) is 6.10 Å². The van der Waals surface area contributed by atoms with E-state index in [1.165, 1.54) is 0 Å². The van der Waals surface area contributed by atoms with Crippen molar-refractivity contribution in [1.29, 1.82) is 0 Å². The van der Waals surface area contributed by atoms with Crippen LogP contribution in [0.2, 0.25) is 0 Å². The van der Waals surface area contributed by atoms with Gasteiger partial charge in [-0.1, -0.05) is 37.3 Å². The number of nitrogens with one attached hydrogen (secondary N) is 2. The molecule has 1 aliphatic rings. The van der Waals surface area contributed by atoms with Crippen LogP contribution in [0.3, 0.4) is 0 Å². The van der Waals surface area contributed by atoms with E-state index in [9.17, 15) is 4.79 Å². The molecule has 1 saturated heterocycles. The summed E-state index contributed by atoms with van der Waals surface area (Å²) < 4.78 is 7.67. The van der Waals surface area contributed by atoms with E-state index in [0.717, 1.165) is 18.5 Å². The average Bonchev–Trinajstić information content (AvgIpc) is 3.26. The predicted molar refractivity (Wildman–Crippen MR) is 91.5 cm³/mol. The molecule has 0 saturated carbocycles. The van der Waals surface area contributed by atoms with E-state index in [4.69, 9.17) is 4.74 Å². The number of hydrogen-bond donors (Lipinski definition) is 2. The molecule has 0 unspecified atom stereocenters. The molecule has 128 valence electrons. The Morgan fingerprint density at radius 2 is 2.21 bits per heavy atom. The van der Waals surface area contributed by atoms with Crippen LogP contribution in [-0.4, -0.2) is 35.0 Å². The van der Waals surface area contributed by atoms with Gasteiger partial charge in [0.15, 0.2) is 0 Å². The molecule has 3 rings (SSSR count). The minimum Gasteiger partial charge on any atom is -0.371 e. The fourth-order valence-corrected chi connectivity index (χ4v) is 2.99. The molecular weight excluding hydrogens is 304 g/mol. The lowest BCUT2D eigenvalue weighted by molar-refractivity contribution is 0.0999. The third-order valence-electron chi connectivity index (χ3n) is 4.21. The van der Waals surface area contributed by atoms with Crippen LogP contribution in [0, 0.1) is 5.92 Å². The Balaban J connectivity index is 1.46. The molecule has 0 radical (unpaired) electrons. The van der Waals surface area contributed by atoms with Gasteiger partial charge in [0.2, 0.25) is 0 Å². The molecule has 24 heavy (non-hydrogen) atoms. The van der Waals surface area contributed by atoms with Gasteiger partial charge >= 0.3 is 6.03 Å². The van der Waals surface area contributed by atoms with Gasteiger partial charge in [-0.3, -0.25) is 4.68 Å². The Bertz CT molecular complexity index is 630. The maximum atomic E-state index is 12.2. The van der Waals surface area contributed by atoms with E-state index < -0.39 is 0 Å². The largest absolute Gasteiger partial charge is 0.371 e. The van der Waals surface area contributed by atoms with Gasteiger partial charge in [0, 0.05) is 32.1 Å². The summed E-state index contributed by atoms with van der Waals surface area (Å²) in [5, 5.41) is 10.2. The fraction of sp³-hybridized carbons (Fsp3) is 0.444. The first kappa shape index (κ1) is 16.5. The molecular formula is C18H24N4O2. The number of urea groups is 1. The molecule has 2 amide bonds. The lowest BCUT2D eigenvalue weighted by Crippen LogP contribution is -2.44. The maximum absolute atomic E-state index is 12.2. The number of aromatic nitrogens is 2. The van der Waals surface area contributed by atoms with Crippen molar-refractivity contribution in [1.82, 2.24) is 20.4 Å². The van der Waals surface area contributed by atoms with E-state index in [1.807, 2.05) is 47.3 Å². The summed E-state index contributed by atoms with van der Waals surface area (Å²) in [6.07, 6.45) is 4.45. The van der Waals surface area contributed by atoms with Crippen LogP contribution in [0.5, 0.6) is 0 Å². The molecule has 2 N–H and O–H groups in total. The van der Waals surface area contributed by atoms with Crippen LogP contribution in [0.15, 0.2) is 48.8 Å². The van der Waals surface area contributed by atoms with Crippen LogP contribution in [0.1, 0.15) is 25.0 Å². The van der Waals surface area contributed by atoms with Gasteiger partial charge in [-0.2, -0.15) is 5.10 Å². The molecule has 0 aliphatic carbocycles. The van der Waals surface area contributed by atoms with Crippen LogP contribution in [0.4, 0.5) is 4.79 Å². The lowest BCUT2D eigenvalue weighted by Gasteiger charge is -2.21. The Labute approximate surface area is 142 Å². The molecule has 3 atom stereocenters. The monoisotopic (exact) mass is 328 g/mol. The molecule has 0 bridgehead atoms. The summed E-state index contributed by atoms with van der Waals surface area (Å²) in [7, 11) is 0. The lowest BCUT2D eigenvalue weighted by atomic mass is 10.0. The van der Waals surface area contributed by atoms with Crippen molar-refractivity contribution < 1.29 is 9.53 Å². The highest BCUT2D eigenvalue weighted by Gasteiger charge is 2.30. The molecule has 1 aromatic carbocycles. The Hall–Kier alpha value is -2.34. The van der Waals surface area contributed by atoms with Crippen LogP contribution < -0.4 is 10.6 Å².